The molecular formula is C16H34N2O. The second-order valence-corrected chi connectivity index (χ2v) is 6.00. The third-order valence-corrected chi connectivity index (χ3v) is 4.21. The monoisotopic (exact) mass is 270 g/mol. The molecule has 3 heteroatoms. The number of nitrogens with two attached hydrogens (primary N) is 1. The average molecular weight is 270 g/mol. The van der Waals surface area contributed by atoms with E-state index in [4.69, 9.17) is 10.6 Å². The smallest absolute Gasteiger partial charge is 0.0591 e. The first-order valence-electron chi connectivity index (χ1n) is 8.44. The molecule has 1 saturated heterocycles. The molecule has 0 aromatic rings. The van der Waals surface area contributed by atoms with Gasteiger partial charge in [-0.1, -0.05) is 58.3 Å². The van der Waals surface area contributed by atoms with E-state index >= 15 is 0 Å². The number of hydrogen-bond donors (Lipinski definition) is 2. The minimum Gasteiger partial charge on any atom is -0.378 e. The van der Waals surface area contributed by atoms with Crippen LogP contribution in [0.2, 0.25) is 0 Å². The number of rotatable bonds is 12. The first kappa shape index (κ1) is 16.9. The summed E-state index contributed by atoms with van der Waals surface area (Å²) in [5.74, 6) is 5.64. The SMILES string of the molecule is CCCCCCCCCCC(CC1CCCO1)NN. The summed E-state index contributed by atoms with van der Waals surface area (Å²) in [5.41, 5.74) is 2.97. The summed E-state index contributed by atoms with van der Waals surface area (Å²) in [7, 11) is 0. The highest BCUT2D eigenvalue weighted by atomic mass is 16.5. The van der Waals surface area contributed by atoms with Crippen molar-refractivity contribution in [2.45, 2.75) is 96.1 Å². The van der Waals surface area contributed by atoms with Crippen molar-refractivity contribution in [1.29, 1.82) is 0 Å². The van der Waals surface area contributed by atoms with E-state index in [1.807, 2.05) is 0 Å². The van der Waals surface area contributed by atoms with Crippen LogP contribution in [0.1, 0.15) is 84.0 Å². The Morgan fingerprint density at radius 2 is 1.79 bits per heavy atom. The Labute approximate surface area is 119 Å². The van der Waals surface area contributed by atoms with Crippen molar-refractivity contribution in [1.82, 2.24) is 5.43 Å². The average Bonchev–Trinajstić information content (AvgIpc) is 2.93. The summed E-state index contributed by atoms with van der Waals surface area (Å²) in [5, 5.41) is 0. The van der Waals surface area contributed by atoms with Gasteiger partial charge in [0.25, 0.3) is 0 Å². The van der Waals surface area contributed by atoms with Crippen molar-refractivity contribution >= 4 is 0 Å². The predicted molar refractivity (Wildman–Crippen MR) is 81.9 cm³/mol. The maximum absolute atomic E-state index is 5.67. The summed E-state index contributed by atoms with van der Waals surface area (Å²) < 4.78 is 5.67. The maximum Gasteiger partial charge on any atom is 0.0591 e. The first-order chi connectivity index (χ1) is 9.36. The molecule has 0 aliphatic carbocycles. The third kappa shape index (κ3) is 8.61. The van der Waals surface area contributed by atoms with E-state index in [0.717, 1.165) is 13.0 Å². The fraction of sp³-hybridized carbons (Fsp3) is 1.00. The van der Waals surface area contributed by atoms with Gasteiger partial charge in [-0.25, -0.2) is 0 Å². The number of unbranched alkanes of at least 4 members (excludes halogenated alkanes) is 7. The molecule has 1 rings (SSSR count). The van der Waals surface area contributed by atoms with Crippen molar-refractivity contribution in [3.8, 4) is 0 Å². The number of hydrazine groups is 1. The van der Waals surface area contributed by atoms with Crippen molar-refractivity contribution in [2.75, 3.05) is 6.61 Å². The third-order valence-electron chi connectivity index (χ3n) is 4.21. The van der Waals surface area contributed by atoms with Gasteiger partial charge in [0.1, 0.15) is 0 Å². The molecule has 1 fully saturated rings. The molecule has 0 bridgehead atoms. The number of hydrogen-bond acceptors (Lipinski definition) is 3. The van der Waals surface area contributed by atoms with Crippen LogP contribution >= 0.6 is 0 Å². The Kier molecular flexibility index (Phi) is 10.4. The molecule has 0 amide bonds. The summed E-state index contributed by atoms with van der Waals surface area (Å²) in [6.45, 7) is 3.22. The zero-order valence-corrected chi connectivity index (χ0v) is 12.8. The Morgan fingerprint density at radius 1 is 1.11 bits per heavy atom. The van der Waals surface area contributed by atoms with Gasteiger partial charge >= 0.3 is 0 Å². The van der Waals surface area contributed by atoms with Gasteiger partial charge in [0.05, 0.1) is 6.10 Å². The summed E-state index contributed by atoms with van der Waals surface area (Å²) in [6.07, 6.45) is 16.2. The van der Waals surface area contributed by atoms with E-state index in [9.17, 15) is 0 Å². The Morgan fingerprint density at radius 3 is 2.37 bits per heavy atom. The van der Waals surface area contributed by atoms with E-state index < -0.39 is 0 Å². The normalized spacial score (nSPS) is 20.8. The topological polar surface area (TPSA) is 47.3 Å². The van der Waals surface area contributed by atoms with Gasteiger partial charge in [-0.05, 0) is 25.7 Å². The van der Waals surface area contributed by atoms with Crippen molar-refractivity contribution < 1.29 is 4.74 Å². The highest BCUT2D eigenvalue weighted by Gasteiger charge is 2.19. The van der Waals surface area contributed by atoms with Crippen LogP contribution in [0.3, 0.4) is 0 Å². The van der Waals surface area contributed by atoms with Crippen LogP contribution in [0, 0.1) is 0 Å². The van der Waals surface area contributed by atoms with Crippen molar-refractivity contribution in [3.63, 3.8) is 0 Å². The van der Waals surface area contributed by atoms with Gasteiger partial charge in [0, 0.05) is 12.6 Å². The second-order valence-electron chi connectivity index (χ2n) is 6.00. The van der Waals surface area contributed by atoms with Crippen LogP contribution in [-0.2, 0) is 4.74 Å². The molecule has 1 aliphatic heterocycles. The number of ether oxygens (including phenoxy) is 1. The van der Waals surface area contributed by atoms with Crippen LogP contribution < -0.4 is 11.3 Å². The molecule has 1 heterocycles. The van der Waals surface area contributed by atoms with Crippen LogP contribution in [0.4, 0.5) is 0 Å². The molecule has 0 radical (unpaired) electrons. The fourth-order valence-electron chi connectivity index (χ4n) is 2.94. The molecule has 0 aromatic carbocycles. The molecule has 2 atom stereocenters. The van der Waals surface area contributed by atoms with E-state index in [0.29, 0.717) is 12.1 Å². The summed E-state index contributed by atoms with van der Waals surface area (Å²) in [6, 6.07) is 0.447. The number of nitrogens with one attached hydrogen (secondary N) is 1. The molecular weight excluding hydrogens is 236 g/mol. The molecule has 3 nitrogen and oxygen atoms in total. The highest BCUT2D eigenvalue weighted by molar-refractivity contribution is 4.73. The quantitative estimate of drug-likeness (QED) is 0.321. The summed E-state index contributed by atoms with van der Waals surface area (Å²) >= 11 is 0. The van der Waals surface area contributed by atoms with E-state index in [1.165, 1.54) is 70.6 Å². The van der Waals surface area contributed by atoms with Crippen LogP contribution in [0.15, 0.2) is 0 Å². The minimum absolute atomic E-state index is 0.447. The molecule has 0 aromatic heterocycles. The minimum atomic E-state index is 0.447. The van der Waals surface area contributed by atoms with E-state index in [1.54, 1.807) is 0 Å². The maximum atomic E-state index is 5.67. The van der Waals surface area contributed by atoms with Gasteiger partial charge in [-0.2, -0.15) is 0 Å². The van der Waals surface area contributed by atoms with E-state index in [-0.39, 0.29) is 0 Å². The lowest BCUT2D eigenvalue weighted by molar-refractivity contribution is 0.0933. The van der Waals surface area contributed by atoms with Crippen molar-refractivity contribution in [2.24, 2.45) is 5.84 Å². The molecule has 2 unspecified atom stereocenters. The zero-order chi connectivity index (χ0) is 13.8. The van der Waals surface area contributed by atoms with Crippen LogP contribution in [0.25, 0.3) is 0 Å². The lowest BCUT2D eigenvalue weighted by atomic mass is 10.0. The van der Waals surface area contributed by atoms with Gasteiger partial charge in [0.2, 0.25) is 0 Å². The first-order valence-corrected chi connectivity index (χ1v) is 8.44. The zero-order valence-electron chi connectivity index (χ0n) is 12.8. The lowest BCUT2D eigenvalue weighted by Crippen LogP contribution is -2.37. The standard InChI is InChI=1S/C16H34N2O/c1-2-3-4-5-6-7-8-9-11-15(18-17)14-16-12-10-13-19-16/h15-16,18H,2-14,17H2,1H3. The van der Waals surface area contributed by atoms with Gasteiger partial charge < -0.3 is 4.74 Å². The second kappa shape index (κ2) is 11.7. The van der Waals surface area contributed by atoms with Gasteiger partial charge in [0.15, 0.2) is 0 Å². The molecule has 1 aliphatic rings. The molecule has 3 N–H and O–H groups in total. The largest absolute Gasteiger partial charge is 0.378 e. The molecule has 0 saturated carbocycles. The molecule has 0 spiro atoms. The Bertz CT molecular complexity index is 193. The van der Waals surface area contributed by atoms with Gasteiger partial charge in [-0.3, -0.25) is 11.3 Å². The lowest BCUT2D eigenvalue weighted by Gasteiger charge is -2.19. The molecule has 19 heavy (non-hydrogen) atoms. The van der Waals surface area contributed by atoms with Crippen molar-refractivity contribution in [3.05, 3.63) is 0 Å². The van der Waals surface area contributed by atoms with Gasteiger partial charge in [-0.15, -0.1) is 0 Å². The highest BCUT2D eigenvalue weighted by Crippen LogP contribution is 2.19. The Balaban J connectivity index is 1.91. The van der Waals surface area contributed by atoms with Crippen LogP contribution in [-0.4, -0.2) is 18.8 Å². The fourth-order valence-corrected chi connectivity index (χ4v) is 2.94. The predicted octanol–water partition coefficient (Wildman–Crippen LogP) is 3.92. The van der Waals surface area contributed by atoms with E-state index in [2.05, 4.69) is 12.3 Å². The molecule has 114 valence electrons. The summed E-state index contributed by atoms with van der Waals surface area (Å²) in [4.78, 5) is 0. The van der Waals surface area contributed by atoms with Crippen LogP contribution in [0.5, 0.6) is 0 Å². The Hall–Kier alpha value is -0.120.